The number of amides is 1. The van der Waals surface area contributed by atoms with Gasteiger partial charge in [0.05, 0.1) is 23.4 Å². The van der Waals surface area contributed by atoms with E-state index in [0.717, 1.165) is 59.5 Å². The normalized spacial score (nSPS) is 16.1. The molecule has 0 N–H and O–H groups in total. The van der Waals surface area contributed by atoms with E-state index < -0.39 is 0 Å². The molecule has 0 bridgehead atoms. The van der Waals surface area contributed by atoms with Gasteiger partial charge in [-0.1, -0.05) is 23.5 Å². The molecule has 3 heterocycles. The average molecular weight is 466 g/mol. The molecule has 33 heavy (non-hydrogen) atoms. The summed E-state index contributed by atoms with van der Waals surface area (Å²) in [6, 6.07) is 9.90. The minimum absolute atomic E-state index is 0.0886. The number of nitrogens with zero attached hydrogens (tertiary/aromatic N) is 3. The van der Waals surface area contributed by atoms with Crippen molar-refractivity contribution in [1.29, 1.82) is 0 Å². The molecule has 2 aromatic carbocycles. The van der Waals surface area contributed by atoms with Gasteiger partial charge >= 0.3 is 0 Å². The van der Waals surface area contributed by atoms with E-state index in [4.69, 9.17) is 19.2 Å². The van der Waals surface area contributed by atoms with Crippen LogP contribution in [0.5, 0.6) is 11.5 Å². The highest BCUT2D eigenvalue weighted by Crippen LogP contribution is 2.34. The van der Waals surface area contributed by atoms with Crippen LogP contribution in [0.15, 0.2) is 36.4 Å². The Balaban J connectivity index is 1.40. The van der Waals surface area contributed by atoms with Crippen LogP contribution in [0.3, 0.4) is 0 Å². The number of hydrogen-bond donors (Lipinski definition) is 0. The van der Waals surface area contributed by atoms with Crippen molar-refractivity contribution < 1.29 is 19.0 Å². The maximum atomic E-state index is 13.4. The predicted octanol–water partition coefficient (Wildman–Crippen LogP) is 4.02. The molecule has 1 aromatic heterocycles. The Labute approximate surface area is 197 Å². The minimum Gasteiger partial charge on any atom is -0.454 e. The van der Waals surface area contributed by atoms with E-state index in [1.165, 1.54) is 11.1 Å². The monoisotopic (exact) mass is 465 g/mol. The molecule has 7 nitrogen and oxygen atoms in total. The summed E-state index contributed by atoms with van der Waals surface area (Å²) in [5, 5.41) is 0.729. The van der Waals surface area contributed by atoms with Gasteiger partial charge in [0.2, 0.25) is 6.79 Å². The van der Waals surface area contributed by atoms with Crippen molar-refractivity contribution in [2.45, 2.75) is 13.8 Å². The van der Waals surface area contributed by atoms with Crippen LogP contribution in [-0.2, 0) is 9.53 Å². The number of hydrogen-bond acceptors (Lipinski definition) is 7. The van der Waals surface area contributed by atoms with Crippen molar-refractivity contribution in [1.82, 2.24) is 9.88 Å². The Bertz CT molecular complexity index is 1200. The van der Waals surface area contributed by atoms with Gasteiger partial charge in [-0.2, -0.15) is 0 Å². The fourth-order valence-electron chi connectivity index (χ4n) is 4.12. The second-order valence-electron chi connectivity index (χ2n) is 8.32. The number of thiazole rings is 1. The number of fused-ring (bicyclic) bond motifs is 2. The fourth-order valence-corrected chi connectivity index (χ4v) is 5.17. The molecule has 0 spiro atoms. The van der Waals surface area contributed by atoms with E-state index >= 15 is 0 Å². The third-order valence-electron chi connectivity index (χ3n) is 5.86. The highest BCUT2D eigenvalue weighted by molar-refractivity contribution is 7.22. The smallest absolute Gasteiger partial charge is 0.252 e. The summed E-state index contributed by atoms with van der Waals surface area (Å²) in [6.45, 7) is 8.98. The summed E-state index contributed by atoms with van der Waals surface area (Å²) in [5.74, 6) is 1.34. The summed E-state index contributed by atoms with van der Waals surface area (Å²) >= 11 is 1.57. The average Bonchev–Trinajstić information content (AvgIpc) is 3.45. The molecule has 172 valence electrons. The van der Waals surface area contributed by atoms with Crippen LogP contribution in [-0.4, -0.2) is 62.0 Å². The topological polar surface area (TPSA) is 64.1 Å². The standard InChI is InChI=1S/C25H27N3O4S/c1-17-13-18(2)24-20(14-17)26-25(33-24)28(8-7-27-9-11-30-12-10-27)23(29)6-4-19-3-5-21-22(15-19)32-16-31-21/h3-6,13-15H,7-12,16H2,1-2H3/b6-4+. The number of carbonyl (C=O) groups excluding carboxylic acids is 1. The van der Waals surface area contributed by atoms with Crippen LogP contribution in [0.25, 0.3) is 16.3 Å². The van der Waals surface area contributed by atoms with E-state index in [1.807, 2.05) is 24.3 Å². The van der Waals surface area contributed by atoms with Gasteiger partial charge in [0, 0.05) is 32.3 Å². The first-order valence-electron chi connectivity index (χ1n) is 11.1. The first-order valence-corrected chi connectivity index (χ1v) is 12.0. The molecule has 1 fully saturated rings. The maximum Gasteiger partial charge on any atom is 0.252 e. The summed E-state index contributed by atoms with van der Waals surface area (Å²) in [7, 11) is 0. The number of carbonyl (C=O) groups is 1. The van der Waals surface area contributed by atoms with E-state index in [2.05, 4.69) is 30.9 Å². The molecule has 8 heteroatoms. The molecule has 5 rings (SSSR count). The minimum atomic E-state index is -0.0886. The van der Waals surface area contributed by atoms with Crippen molar-refractivity contribution in [3.05, 3.63) is 53.1 Å². The van der Waals surface area contributed by atoms with Gasteiger partial charge in [0.15, 0.2) is 16.6 Å². The first-order chi connectivity index (χ1) is 16.1. The first kappa shape index (κ1) is 21.9. The third-order valence-corrected chi connectivity index (χ3v) is 7.09. The summed E-state index contributed by atoms with van der Waals surface area (Å²) in [5.41, 5.74) is 4.18. The Morgan fingerprint density at radius 2 is 1.97 bits per heavy atom. The van der Waals surface area contributed by atoms with Gasteiger partial charge in [-0.15, -0.1) is 0 Å². The number of benzene rings is 2. The van der Waals surface area contributed by atoms with Crippen LogP contribution in [0.1, 0.15) is 16.7 Å². The lowest BCUT2D eigenvalue weighted by molar-refractivity contribution is -0.114. The van der Waals surface area contributed by atoms with Crippen LogP contribution in [0.4, 0.5) is 5.13 Å². The molecular weight excluding hydrogens is 438 g/mol. The molecule has 1 amide bonds. The Morgan fingerprint density at radius 3 is 2.82 bits per heavy atom. The second kappa shape index (κ2) is 9.51. The quantitative estimate of drug-likeness (QED) is 0.513. The summed E-state index contributed by atoms with van der Waals surface area (Å²) in [6.07, 6.45) is 3.43. The van der Waals surface area contributed by atoms with Crippen molar-refractivity contribution in [3.63, 3.8) is 0 Å². The number of ether oxygens (including phenoxy) is 3. The van der Waals surface area contributed by atoms with Crippen LogP contribution in [0, 0.1) is 13.8 Å². The molecule has 2 aliphatic heterocycles. The number of aryl methyl sites for hydroxylation is 2. The van der Waals surface area contributed by atoms with Gasteiger partial charge in [0.1, 0.15) is 0 Å². The SMILES string of the molecule is Cc1cc(C)c2sc(N(CCN3CCOCC3)C(=O)/C=C/c3ccc4c(c3)OCO4)nc2c1. The lowest BCUT2D eigenvalue weighted by atomic mass is 10.1. The lowest BCUT2D eigenvalue weighted by Crippen LogP contribution is -2.42. The zero-order chi connectivity index (χ0) is 22.8. The predicted molar refractivity (Wildman–Crippen MR) is 130 cm³/mol. The van der Waals surface area contributed by atoms with E-state index in [9.17, 15) is 4.79 Å². The van der Waals surface area contributed by atoms with Gasteiger partial charge in [-0.3, -0.25) is 14.6 Å². The highest BCUT2D eigenvalue weighted by atomic mass is 32.1. The van der Waals surface area contributed by atoms with E-state index in [0.29, 0.717) is 12.3 Å². The molecule has 0 radical (unpaired) electrons. The van der Waals surface area contributed by atoms with Gasteiger partial charge < -0.3 is 14.2 Å². The number of anilines is 1. The van der Waals surface area contributed by atoms with Gasteiger partial charge in [0.25, 0.3) is 5.91 Å². The molecule has 0 atom stereocenters. The van der Waals surface area contributed by atoms with Crippen LogP contribution < -0.4 is 14.4 Å². The van der Waals surface area contributed by atoms with Crippen molar-refractivity contribution >= 4 is 38.7 Å². The second-order valence-corrected chi connectivity index (χ2v) is 9.29. The molecule has 2 aliphatic rings. The van der Waals surface area contributed by atoms with Crippen molar-refractivity contribution in [2.24, 2.45) is 0 Å². The van der Waals surface area contributed by atoms with Crippen molar-refractivity contribution in [3.8, 4) is 11.5 Å². The van der Waals surface area contributed by atoms with Crippen LogP contribution in [0.2, 0.25) is 0 Å². The van der Waals surface area contributed by atoms with E-state index in [-0.39, 0.29) is 12.7 Å². The van der Waals surface area contributed by atoms with E-state index in [1.54, 1.807) is 22.3 Å². The maximum absolute atomic E-state index is 13.4. The number of morpholine rings is 1. The zero-order valence-electron chi connectivity index (χ0n) is 18.9. The highest BCUT2D eigenvalue weighted by Gasteiger charge is 2.21. The Morgan fingerprint density at radius 1 is 1.15 bits per heavy atom. The third kappa shape index (κ3) is 4.88. The molecule has 0 saturated carbocycles. The largest absolute Gasteiger partial charge is 0.454 e. The molecule has 1 saturated heterocycles. The summed E-state index contributed by atoms with van der Waals surface area (Å²) < 4.78 is 17.4. The zero-order valence-corrected chi connectivity index (χ0v) is 19.7. The Kier molecular flexibility index (Phi) is 6.30. The molecular formula is C25H27N3O4S. The molecule has 0 unspecified atom stereocenters. The van der Waals surface area contributed by atoms with Gasteiger partial charge in [-0.05, 0) is 54.8 Å². The molecule has 3 aromatic rings. The number of rotatable bonds is 6. The van der Waals surface area contributed by atoms with Crippen LogP contribution >= 0.6 is 11.3 Å². The lowest BCUT2D eigenvalue weighted by Gasteiger charge is -2.28. The fraction of sp³-hybridized carbons (Fsp3) is 0.360. The molecule has 0 aliphatic carbocycles. The van der Waals surface area contributed by atoms with Crippen molar-refractivity contribution in [2.75, 3.05) is 51.1 Å². The Hall–Kier alpha value is -2.94. The summed E-state index contributed by atoms with van der Waals surface area (Å²) in [4.78, 5) is 22.3. The number of aromatic nitrogens is 1. The van der Waals surface area contributed by atoms with Gasteiger partial charge in [-0.25, -0.2) is 4.98 Å².